The zero-order chi connectivity index (χ0) is 37.3. The highest BCUT2D eigenvalue weighted by molar-refractivity contribution is 6.00. The lowest BCUT2D eigenvalue weighted by atomic mass is 9.84. The fourth-order valence-electron chi connectivity index (χ4n) is 7.17. The van der Waals surface area contributed by atoms with Crippen LogP contribution in [0.5, 0.6) is 5.75 Å². The van der Waals surface area contributed by atoms with Gasteiger partial charge in [0.2, 0.25) is 0 Å². The molecule has 7 rings (SSSR count). The molecule has 264 valence electrons. The lowest BCUT2D eigenvalue weighted by Crippen LogP contribution is -2.12. The molecule has 0 aliphatic heterocycles. The van der Waals surface area contributed by atoms with Crippen molar-refractivity contribution in [1.82, 2.24) is 14.5 Å². The van der Waals surface area contributed by atoms with Gasteiger partial charge in [-0.05, 0) is 130 Å². The van der Waals surface area contributed by atoms with Crippen molar-refractivity contribution in [1.29, 1.82) is 0 Å². The van der Waals surface area contributed by atoms with Gasteiger partial charge in [0.25, 0.3) is 0 Å². The van der Waals surface area contributed by atoms with Crippen LogP contribution in [0.2, 0.25) is 0 Å². The predicted molar refractivity (Wildman–Crippen MR) is 220 cm³/mol. The van der Waals surface area contributed by atoms with E-state index in [0.717, 1.165) is 55.9 Å². The Labute approximate surface area is 309 Å². The Morgan fingerprint density at radius 2 is 1.15 bits per heavy atom. The molecule has 0 saturated heterocycles. The fraction of sp³-hybridized carbons (Fsp3) is 0.292. The van der Waals surface area contributed by atoms with Crippen molar-refractivity contribution in [3.63, 3.8) is 0 Å². The summed E-state index contributed by atoms with van der Waals surface area (Å²) in [6.07, 6.45) is 1.91. The molecule has 4 heteroatoms. The summed E-state index contributed by atoms with van der Waals surface area (Å²) in [4.78, 5) is 10.3. The third-order valence-electron chi connectivity index (χ3n) is 10.4. The van der Waals surface area contributed by atoms with Gasteiger partial charge in [-0.2, -0.15) is 0 Å². The number of rotatable bonds is 4. The first-order chi connectivity index (χ1) is 24.4. The monoisotopic (exact) mass is 685 g/mol. The predicted octanol–water partition coefficient (Wildman–Crippen LogP) is 12.8. The van der Waals surface area contributed by atoms with Crippen LogP contribution < -0.4 is 0 Å². The van der Waals surface area contributed by atoms with Gasteiger partial charge < -0.3 is 5.11 Å². The summed E-state index contributed by atoms with van der Waals surface area (Å²) in [5.74, 6) is 0.930. The Morgan fingerprint density at radius 3 is 1.79 bits per heavy atom. The van der Waals surface area contributed by atoms with E-state index in [-0.39, 0.29) is 22.0 Å². The molecule has 0 unspecified atom stereocenters. The number of aromatic hydroxyl groups is 1. The molecule has 7 aromatic rings. The molecule has 0 amide bonds. The first-order valence-corrected chi connectivity index (χ1v) is 18.4. The second-order valence-corrected chi connectivity index (χ2v) is 17.6. The molecule has 0 saturated carbocycles. The standard InChI is InChI=1S/C48H51N3O/c1-29-23-37-30(2)21-22-49-43(37)38(24-29)31-13-12-14-32(25-31)39-27-35(48(9,10)11)28-41-44(39)50-45(40-26-34(47(6,7)8)17-20-42(40)52)51(41)36-18-15-33(16-19-36)46(3,4)5/h12-28,52H,1-11H3. The number of phenols is 1. The van der Waals surface area contributed by atoms with Crippen molar-refractivity contribution >= 4 is 21.9 Å². The van der Waals surface area contributed by atoms with Crippen LogP contribution in [0.3, 0.4) is 0 Å². The molecular formula is C48H51N3O. The first-order valence-electron chi connectivity index (χ1n) is 18.4. The highest BCUT2D eigenvalue weighted by Gasteiger charge is 2.26. The maximum atomic E-state index is 11.5. The van der Waals surface area contributed by atoms with Gasteiger partial charge in [-0.15, -0.1) is 0 Å². The number of aromatic nitrogens is 3. The highest BCUT2D eigenvalue weighted by atomic mass is 16.3. The second kappa shape index (κ2) is 12.5. The molecule has 2 heterocycles. The minimum absolute atomic E-state index is 0.0199. The van der Waals surface area contributed by atoms with E-state index in [0.29, 0.717) is 5.56 Å². The van der Waals surface area contributed by atoms with Crippen LogP contribution in [0.25, 0.3) is 61.3 Å². The summed E-state index contributed by atoms with van der Waals surface area (Å²) in [6, 6.07) is 34.7. The normalized spacial score (nSPS) is 12.6. The Morgan fingerprint density at radius 1 is 0.558 bits per heavy atom. The molecule has 0 aliphatic carbocycles. The molecule has 0 radical (unpaired) electrons. The Balaban J connectivity index is 1.55. The number of nitrogens with zero attached hydrogens (tertiary/aromatic N) is 3. The third kappa shape index (κ3) is 6.40. The summed E-state index contributed by atoms with van der Waals surface area (Å²) >= 11 is 0. The van der Waals surface area contributed by atoms with Gasteiger partial charge in [-0.25, -0.2) is 4.98 Å². The van der Waals surface area contributed by atoms with Gasteiger partial charge in [0.1, 0.15) is 11.6 Å². The van der Waals surface area contributed by atoms with E-state index in [1.54, 1.807) is 0 Å². The van der Waals surface area contributed by atoms with Gasteiger partial charge in [0, 0.05) is 28.4 Å². The average Bonchev–Trinajstić information content (AvgIpc) is 3.46. The Kier molecular flexibility index (Phi) is 8.44. The van der Waals surface area contributed by atoms with Crippen LogP contribution in [-0.4, -0.2) is 19.6 Å². The van der Waals surface area contributed by atoms with E-state index >= 15 is 0 Å². The van der Waals surface area contributed by atoms with Gasteiger partial charge in [0.05, 0.1) is 22.1 Å². The molecule has 5 aromatic carbocycles. The van der Waals surface area contributed by atoms with Gasteiger partial charge in [0.15, 0.2) is 0 Å². The minimum atomic E-state index is -0.131. The summed E-state index contributed by atoms with van der Waals surface area (Å²) in [7, 11) is 0. The van der Waals surface area contributed by atoms with Crippen LogP contribution in [0, 0.1) is 13.8 Å². The number of phenolic OH excluding ortho intramolecular Hbond substituents is 1. The van der Waals surface area contributed by atoms with E-state index in [4.69, 9.17) is 9.97 Å². The van der Waals surface area contributed by atoms with E-state index in [1.807, 2.05) is 18.3 Å². The Hall–Kier alpha value is -5.22. The van der Waals surface area contributed by atoms with Crippen LogP contribution in [0.1, 0.15) is 90.1 Å². The van der Waals surface area contributed by atoms with Crippen molar-refractivity contribution in [2.24, 2.45) is 0 Å². The second-order valence-electron chi connectivity index (χ2n) is 17.6. The third-order valence-corrected chi connectivity index (χ3v) is 10.4. The summed E-state index contributed by atoms with van der Waals surface area (Å²) in [5.41, 5.74) is 14.8. The van der Waals surface area contributed by atoms with E-state index < -0.39 is 0 Å². The van der Waals surface area contributed by atoms with Gasteiger partial charge in [-0.1, -0.05) is 98.7 Å². The number of fused-ring (bicyclic) bond motifs is 2. The lowest BCUT2D eigenvalue weighted by Gasteiger charge is -2.22. The molecule has 0 spiro atoms. The van der Waals surface area contributed by atoms with Crippen LogP contribution in [0.15, 0.2) is 103 Å². The quantitative estimate of drug-likeness (QED) is 0.201. The smallest absolute Gasteiger partial charge is 0.149 e. The number of pyridine rings is 1. The molecule has 0 aliphatic rings. The van der Waals surface area contributed by atoms with Gasteiger partial charge >= 0.3 is 0 Å². The van der Waals surface area contributed by atoms with Crippen molar-refractivity contribution < 1.29 is 5.11 Å². The minimum Gasteiger partial charge on any atom is -0.507 e. The lowest BCUT2D eigenvalue weighted by molar-refractivity contribution is 0.475. The summed E-state index contributed by atoms with van der Waals surface area (Å²) in [5, 5.41) is 12.7. The SMILES string of the molecule is Cc1cc(-c2cccc(-c3cc(C(C)(C)C)cc4c3nc(-c3cc(C(C)(C)C)ccc3O)n4-c3ccc(C(C)(C)C)cc3)c2)c2nccc(C)c2c1. The highest BCUT2D eigenvalue weighted by Crippen LogP contribution is 2.42. The molecule has 4 nitrogen and oxygen atoms in total. The van der Waals surface area contributed by atoms with Gasteiger partial charge in [-0.3, -0.25) is 9.55 Å². The van der Waals surface area contributed by atoms with Crippen molar-refractivity contribution in [3.05, 3.63) is 131 Å². The van der Waals surface area contributed by atoms with Crippen molar-refractivity contribution in [2.45, 2.75) is 92.4 Å². The molecule has 0 atom stereocenters. The fourth-order valence-corrected chi connectivity index (χ4v) is 7.17. The molecule has 0 bridgehead atoms. The first kappa shape index (κ1) is 35.2. The average molecular weight is 686 g/mol. The molecule has 2 aromatic heterocycles. The molecular weight excluding hydrogens is 635 g/mol. The maximum absolute atomic E-state index is 11.5. The number of imidazole rings is 1. The maximum Gasteiger partial charge on any atom is 0.149 e. The number of hydrogen-bond donors (Lipinski definition) is 1. The van der Waals surface area contributed by atoms with E-state index in [2.05, 4.69) is 166 Å². The zero-order valence-corrected chi connectivity index (χ0v) is 32.6. The van der Waals surface area contributed by atoms with E-state index in [1.165, 1.54) is 27.6 Å². The number of aryl methyl sites for hydroxylation is 2. The molecule has 0 fully saturated rings. The van der Waals surface area contributed by atoms with Crippen LogP contribution >= 0.6 is 0 Å². The topological polar surface area (TPSA) is 50.9 Å². The summed E-state index contributed by atoms with van der Waals surface area (Å²) in [6.45, 7) is 24.4. The largest absolute Gasteiger partial charge is 0.507 e. The van der Waals surface area contributed by atoms with Crippen LogP contribution in [0.4, 0.5) is 0 Å². The van der Waals surface area contributed by atoms with Crippen molar-refractivity contribution in [2.75, 3.05) is 0 Å². The summed E-state index contributed by atoms with van der Waals surface area (Å²) < 4.78 is 2.24. The number of hydrogen-bond acceptors (Lipinski definition) is 3. The van der Waals surface area contributed by atoms with E-state index in [9.17, 15) is 5.11 Å². The van der Waals surface area contributed by atoms with Crippen LogP contribution in [-0.2, 0) is 16.2 Å². The van der Waals surface area contributed by atoms with Crippen molar-refractivity contribution in [3.8, 4) is 45.1 Å². The number of benzene rings is 5. The molecule has 1 N–H and O–H groups in total. The molecule has 52 heavy (non-hydrogen) atoms. The Bertz CT molecular complexity index is 2480. The zero-order valence-electron chi connectivity index (χ0n) is 32.6.